The predicted molar refractivity (Wildman–Crippen MR) is 143 cm³/mol. The maximum atomic E-state index is 13.3. The average Bonchev–Trinajstić information content (AvgIpc) is 3.71. The lowest BCUT2D eigenvalue weighted by atomic mass is 10.0. The number of nitrogens with zero attached hydrogens (tertiary/aromatic N) is 10. The van der Waals surface area contributed by atoms with Crippen LogP contribution in [0.25, 0.3) is 33.6 Å². The molecule has 39 heavy (non-hydrogen) atoms. The highest BCUT2D eigenvalue weighted by atomic mass is 19.1. The molecule has 0 unspecified atom stereocenters. The number of anilines is 1. The van der Waals surface area contributed by atoms with Crippen LogP contribution in [0, 0.1) is 17.1 Å². The fourth-order valence-electron chi connectivity index (χ4n) is 4.53. The lowest BCUT2D eigenvalue weighted by Crippen LogP contribution is -2.22. The number of aryl methyl sites for hydroxylation is 1. The van der Waals surface area contributed by atoms with Crippen molar-refractivity contribution in [3.63, 3.8) is 0 Å². The lowest BCUT2D eigenvalue weighted by molar-refractivity contribution is 0.627. The third-order valence-corrected chi connectivity index (χ3v) is 6.81. The van der Waals surface area contributed by atoms with E-state index in [0.29, 0.717) is 11.4 Å². The van der Waals surface area contributed by atoms with Gasteiger partial charge in [0.15, 0.2) is 11.6 Å². The Labute approximate surface area is 223 Å². The second kappa shape index (κ2) is 9.50. The van der Waals surface area contributed by atoms with Crippen LogP contribution in [-0.2, 0) is 7.05 Å². The first-order valence-corrected chi connectivity index (χ1v) is 12.2. The highest BCUT2D eigenvalue weighted by Gasteiger charge is 2.17. The third kappa shape index (κ3) is 4.38. The second-order valence-corrected chi connectivity index (χ2v) is 9.25. The summed E-state index contributed by atoms with van der Waals surface area (Å²) in [5.74, 6) is 0.902. The largest absolute Gasteiger partial charge is 0.353 e. The molecule has 10 nitrogen and oxygen atoms in total. The number of aromatic nitrogens is 8. The zero-order valence-electron chi connectivity index (χ0n) is 21.4. The van der Waals surface area contributed by atoms with Crippen LogP contribution in [0.4, 0.5) is 10.2 Å². The van der Waals surface area contributed by atoms with Gasteiger partial charge in [0.1, 0.15) is 11.9 Å². The van der Waals surface area contributed by atoms with Crippen LogP contribution in [-0.4, -0.2) is 46.2 Å². The molecule has 0 N–H and O–H groups in total. The van der Waals surface area contributed by atoms with Gasteiger partial charge in [-0.25, -0.2) is 23.6 Å². The molecule has 0 radical (unpaired) electrons. The summed E-state index contributed by atoms with van der Waals surface area (Å²) in [4.78, 5) is 11.2. The molecule has 11 heteroatoms. The summed E-state index contributed by atoms with van der Waals surface area (Å²) in [6, 6.07) is 12.0. The van der Waals surface area contributed by atoms with Gasteiger partial charge in [-0.3, -0.25) is 4.68 Å². The van der Waals surface area contributed by atoms with Crippen molar-refractivity contribution in [1.29, 1.82) is 5.26 Å². The van der Waals surface area contributed by atoms with Crippen molar-refractivity contribution >= 4 is 11.3 Å². The summed E-state index contributed by atoms with van der Waals surface area (Å²) in [7, 11) is 3.84. The third-order valence-electron chi connectivity index (χ3n) is 6.81. The summed E-state index contributed by atoms with van der Waals surface area (Å²) >= 11 is 0. The minimum Gasteiger partial charge on any atom is -0.353 e. The van der Waals surface area contributed by atoms with Crippen LogP contribution in [0.15, 0.2) is 79.9 Å². The van der Waals surface area contributed by atoms with E-state index in [-0.39, 0.29) is 6.04 Å². The van der Waals surface area contributed by atoms with Gasteiger partial charge < -0.3 is 4.90 Å². The normalized spacial score (nSPS) is 12.0. The molecule has 192 valence electrons. The molecule has 0 saturated heterocycles. The fraction of sp³-hybridized carbons (Fsp3) is 0.143. The molecule has 0 bridgehead atoms. The molecule has 0 fully saturated rings. The van der Waals surface area contributed by atoms with Gasteiger partial charge in [0, 0.05) is 61.1 Å². The van der Waals surface area contributed by atoms with Crippen molar-refractivity contribution in [3.05, 3.63) is 96.9 Å². The fourth-order valence-corrected chi connectivity index (χ4v) is 4.53. The van der Waals surface area contributed by atoms with Gasteiger partial charge in [-0.2, -0.15) is 20.6 Å². The highest BCUT2D eigenvalue weighted by Crippen LogP contribution is 2.33. The monoisotopic (exact) mass is 518 g/mol. The molecule has 0 saturated carbocycles. The lowest BCUT2D eigenvalue weighted by Gasteiger charge is -2.26. The van der Waals surface area contributed by atoms with E-state index >= 15 is 0 Å². The van der Waals surface area contributed by atoms with E-state index in [2.05, 4.69) is 38.2 Å². The first-order chi connectivity index (χ1) is 18.9. The molecule has 0 aromatic carbocycles. The number of halogens is 1. The van der Waals surface area contributed by atoms with Crippen molar-refractivity contribution in [1.82, 2.24) is 39.1 Å². The van der Waals surface area contributed by atoms with Gasteiger partial charge in [0.25, 0.3) is 0 Å². The Bertz CT molecular complexity index is 1820. The van der Waals surface area contributed by atoms with Crippen LogP contribution >= 0.6 is 0 Å². The van der Waals surface area contributed by atoms with Crippen molar-refractivity contribution < 1.29 is 4.39 Å². The van der Waals surface area contributed by atoms with Gasteiger partial charge in [-0.05, 0) is 36.8 Å². The summed E-state index contributed by atoms with van der Waals surface area (Å²) in [6.45, 7) is 2.06. The molecule has 6 aromatic heterocycles. The number of nitriles is 1. The van der Waals surface area contributed by atoms with Gasteiger partial charge in [0.05, 0.1) is 41.9 Å². The first kappa shape index (κ1) is 24.0. The summed E-state index contributed by atoms with van der Waals surface area (Å²) in [6.07, 6.45) is 13.2. The standard InChI is InChI=1S/C28H23FN10/c1-18(19-4-7-27(32-10-19)38-17-24(29)14-35-38)37(3)26-6-5-20(11-31-26)25-8-21(23-13-33-36(2)15-23)16-39-28(25)22(9-30)12-34-39/h4-8,10-18H,1-3H3/t18-/m0/s1. The van der Waals surface area contributed by atoms with Crippen molar-refractivity contribution in [3.8, 4) is 34.1 Å². The maximum absolute atomic E-state index is 13.3. The Hall–Kier alpha value is -5.37. The highest BCUT2D eigenvalue weighted by molar-refractivity contribution is 5.87. The van der Waals surface area contributed by atoms with Crippen molar-refractivity contribution in [2.75, 3.05) is 11.9 Å². The molecule has 6 rings (SSSR count). The van der Waals surface area contributed by atoms with Gasteiger partial charge in [0.2, 0.25) is 0 Å². The molecule has 6 aromatic rings. The van der Waals surface area contributed by atoms with Gasteiger partial charge in [-0.15, -0.1) is 0 Å². The zero-order valence-corrected chi connectivity index (χ0v) is 21.4. The average molecular weight is 519 g/mol. The van der Waals surface area contributed by atoms with E-state index < -0.39 is 5.82 Å². The summed E-state index contributed by atoms with van der Waals surface area (Å²) < 4.78 is 18.2. The minimum absolute atomic E-state index is 0.0279. The quantitative estimate of drug-likeness (QED) is 0.318. The molecule has 0 amide bonds. The van der Waals surface area contributed by atoms with Crippen LogP contribution in [0.2, 0.25) is 0 Å². The number of fused-ring (bicyclic) bond motifs is 1. The first-order valence-electron chi connectivity index (χ1n) is 12.2. The van der Waals surface area contributed by atoms with E-state index in [9.17, 15) is 9.65 Å². The molecule has 0 aliphatic heterocycles. The summed E-state index contributed by atoms with van der Waals surface area (Å²) in [5.41, 5.74) is 5.80. The molecular formula is C28H23FN10. The Morgan fingerprint density at radius 3 is 2.41 bits per heavy atom. The second-order valence-electron chi connectivity index (χ2n) is 9.25. The number of pyridine rings is 3. The smallest absolute Gasteiger partial charge is 0.161 e. The Morgan fingerprint density at radius 1 is 0.897 bits per heavy atom. The Balaban J connectivity index is 1.30. The number of hydrogen-bond donors (Lipinski definition) is 0. The van der Waals surface area contributed by atoms with E-state index in [1.807, 2.05) is 63.0 Å². The number of rotatable bonds is 6. The van der Waals surface area contributed by atoms with E-state index in [1.54, 1.807) is 27.8 Å². The van der Waals surface area contributed by atoms with E-state index in [1.165, 1.54) is 10.9 Å². The topological polar surface area (TPSA) is 106 Å². The summed E-state index contributed by atoms with van der Waals surface area (Å²) in [5, 5.41) is 22.3. The molecule has 0 spiro atoms. The van der Waals surface area contributed by atoms with Crippen LogP contribution in [0.5, 0.6) is 0 Å². The molecule has 0 aliphatic carbocycles. The Morgan fingerprint density at radius 2 is 1.77 bits per heavy atom. The van der Waals surface area contributed by atoms with Gasteiger partial charge >= 0.3 is 0 Å². The van der Waals surface area contributed by atoms with E-state index in [4.69, 9.17) is 4.98 Å². The molecular weight excluding hydrogens is 495 g/mol. The predicted octanol–water partition coefficient (Wildman–Crippen LogP) is 4.59. The minimum atomic E-state index is -0.412. The van der Waals surface area contributed by atoms with Gasteiger partial charge in [-0.1, -0.05) is 6.07 Å². The molecule has 6 heterocycles. The van der Waals surface area contributed by atoms with Crippen LogP contribution < -0.4 is 4.90 Å². The van der Waals surface area contributed by atoms with E-state index in [0.717, 1.165) is 45.3 Å². The van der Waals surface area contributed by atoms with Crippen LogP contribution in [0.3, 0.4) is 0 Å². The Kier molecular flexibility index (Phi) is 5.84. The number of hydrogen-bond acceptors (Lipinski definition) is 7. The van der Waals surface area contributed by atoms with Crippen molar-refractivity contribution in [2.24, 2.45) is 7.05 Å². The molecule has 0 aliphatic rings. The molecule has 1 atom stereocenters. The SMILES string of the molecule is C[C@@H](c1ccc(-n2cc(F)cn2)nc1)N(C)c1ccc(-c2cc(-c3cnn(C)c3)cn3ncc(C#N)c23)cn1. The maximum Gasteiger partial charge on any atom is 0.161 e. The van der Waals surface area contributed by atoms with Crippen molar-refractivity contribution in [2.45, 2.75) is 13.0 Å². The van der Waals surface area contributed by atoms with Crippen LogP contribution in [0.1, 0.15) is 24.1 Å². The zero-order chi connectivity index (χ0) is 27.1.